The van der Waals surface area contributed by atoms with Crippen LogP contribution in [0.2, 0.25) is 0 Å². The summed E-state index contributed by atoms with van der Waals surface area (Å²) in [6, 6.07) is 6.27. The largest absolute Gasteiger partial charge is 0.508 e. The molecule has 0 amide bonds. The molecule has 1 atom stereocenters. The summed E-state index contributed by atoms with van der Waals surface area (Å²) in [4.78, 5) is 10.4. The smallest absolute Gasteiger partial charge is 0.115 e. The van der Waals surface area contributed by atoms with Crippen molar-refractivity contribution < 1.29 is 47.7 Å². The van der Waals surface area contributed by atoms with Crippen LogP contribution in [-0.2, 0) is 37.4 Å². The van der Waals surface area contributed by atoms with Gasteiger partial charge < -0.3 is 14.9 Å². The Bertz CT molecular complexity index is 295. The molecule has 0 spiro atoms. The van der Waals surface area contributed by atoms with Crippen LogP contribution in [0.5, 0.6) is 5.75 Å². The van der Waals surface area contributed by atoms with Gasteiger partial charge in [-0.25, -0.2) is 0 Å². The molecule has 1 aromatic rings. The second-order valence-electron chi connectivity index (χ2n) is 2.96. The molecule has 0 heterocycles. The number of hydrogen-bond donors (Lipinski definition) is 2. The van der Waals surface area contributed by atoms with Crippen LogP contribution in [0.1, 0.15) is 6.92 Å². The Labute approximate surface area is 130 Å². The molecule has 0 bridgehead atoms. The fourth-order valence-corrected chi connectivity index (χ4v) is 1.14. The molecule has 0 aliphatic carbocycles. The van der Waals surface area contributed by atoms with Crippen molar-refractivity contribution in [2.75, 3.05) is 13.7 Å². The van der Waals surface area contributed by atoms with Crippen molar-refractivity contribution in [3.8, 4) is 5.75 Å². The summed E-state index contributed by atoms with van der Waals surface area (Å²) in [5, 5.41) is 17.2. The molecule has 2 N–H and O–H groups in total. The van der Waals surface area contributed by atoms with E-state index in [4.69, 9.17) is 10.2 Å². The van der Waals surface area contributed by atoms with Crippen LogP contribution in [0.4, 0.5) is 0 Å². The van der Waals surface area contributed by atoms with Gasteiger partial charge in [0, 0.05) is 49.3 Å². The minimum atomic E-state index is -0.324. The molecule has 17 heavy (non-hydrogen) atoms. The average Bonchev–Trinajstić information content (AvgIpc) is 2.22. The third-order valence-corrected chi connectivity index (χ3v) is 1.94. The van der Waals surface area contributed by atoms with Gasteiger partial charge in [0.05, 0.1) is 24.7 Å². The van der Waals surface area contributed by atoms with Crippen molar-refractivity contribution >= 4 is 11.9 Å². The summed E-state index contributed by atoms with van der Waals surface area (Å²) in [6.45, 7) is 2.11. The quantitative estimate of drug-likeness (QED) is 0.652. The number of aliphatic hydroxyl groups is 1. The number of hydrogen-bond acceptors (Lipinski definition) is 6. The molecule has 93 valence electrons. The Morgan fingerprint density at radius 3 is 2.24 bits per heavy atom. The summed E-state index contributed by atoms with van der Waals surface area (Å²) < 4.78 is 7.17. The van der Waals surface area contributed by atoms with Gasteiger partial charge in [0.2, 0.25) is 0 Å². The Morgan fingerprint density at radius 1 is 1.41 bits per heavy atom. The van der Waals surface area contributed by atoms with Crippen LogP contribution in [-0.4, -0.2) is 30.0 Å². The normalized spacial score (nSPS) is 10.5. The van der Waals surface area contributed by atoms with Gasteiger partial charge in [-0.2, -0.15) is 0 Å². The number of benzene rings is 1. The maximum Gasteiger partial charge on any atom is 0.115 e. The molecule has 0 aliphatic rings. The molecule has 0 aliphatic heterocycles. The van der Waals surface area contributed by atoms with Gasteiger partial charge in [0.1, 0.15) is 5.75 Å². The van der Waals surface area contributed by atoms with Gasteiger partial charge in [-0.15, -0.1) is 4.91 Å². The van der Waals surface area contributed by atoms with Gasteiger partial charge in [-0.05, 0) is 31.2 Å². The predicted octanol–water partition coefficient (Wildman–Crippen LogP) is 2.18. The number of methoxy groups -OCH3 is 1. The van der Waals surface area contributed by atoms with E-state index in [1.54, 1.807) is 26.2 Å². The van der Waals surface area contributed by atoms with E-state index >= 15 is 0 Å². The maximum atomic E-state index is 9.71. The van der Waals surface area contributed by atoms with Gasteiger partial charge in [-0.1, -0.05) is 0 Å². The van der Waals surface area contributed by atoms with E-state index in [2.05, 4.69) is 9.32 Å². The van der Waals surface area contributed by atoms with Gasteiger partial charge >= 0.3 is 0 Å². The van der Waals surface area contributed by atoms with E-state index in [0.717, 1.165) is 16.8 Å². The maximum absolute atomic E-state index is 9.71. The Morgan fingerprint density at radius 2 is 1.94 bits per heavy atom. The van der Waals surface area contributed by atoms with Crippen LogP contribution in [0, 0.1) is 4.91 Å². The molecule has 7 heteroatoms. The minimum Gasteiger partial charge on any atom is -0.508 e. The van der Waals surface area contributed by atoms with Crippen molar-refractivity contribution in [1.29, 1.82) is 0 Å². The fourth-order valence-electron chi connectivity index (χ4n) is 0.791. The molecule has 1 aromatic carbocycles. The molecule has 5 nitrogen and oxygen atoms in total. The summed E-state index contributed by atoms with van der Waals surface area (Å²) in [6.07, 6.45) is -0.324. The molecule has 0 aromatic heterocycles. The fraction of sp³-hybridized carbons (Fsp3) is 0.400. The number of aliphatic hydroxyl groups excluding tert-OH is 1. The third-order valence-electron chi connectivity index (χ3n) is 1.39. The second-order valence-corrected chi connectivity index (χ2v) is 3.77. The van der Waals surface area contributed by atoms with E-state index in [1.165, 1.54) is 12.1 Å². The molecular formula is C10H15NO4SY. The van der Waals surface area contributed by atoms with Gasteiger partial charge in [0.15, 0.2) is 0 Å². The number of nitrogens with zero attached hydrogens (tertiary/aromatic N) is 1. The molecule has 1 rings (SSSR count). The molecule has 0 saturated heterocycles. The first-order valence-electron chi connectivity index (χ1n) is 4.55. The zero-order valence-corrected chi connectivity index (χ0v) is 13.4. The predicted molar refractivity (Wildman–Crippen MR) is 63.3 cm³/mol. The molecular weight excluding hydrogens is 319 g/mol. The van der Waals surface area contributed by atoms with Crippen molar-refractivity contribution in [3.05, 3.63) is 29.2 Å². The van der Waals surface area contributed by atoms with Crippen LogP contribution >= 0.6 is 11.9 Å². The number of rotatable bonds is 4. The summed E-state index contributed by atoms with van der Waals surface area (Å²) in [7, 11) is 1.56. The standard InChI is InChI=1S/C6H5NO2S.C4H10O2.Y/c8-5-1-3-6(4-2-5)10-7-9;1-4(5)3-6-2;/h1-4,8H;4-5H,3H2,1-2H3;. The zero-order valence-electron chi connectivity index (χ0n) is 9.74. The van der Waals surface area contributed by atoms with Crippen LogP contribution < -0.4 is 0 Å². The Hall–Kier alpha value is -0.00610. The van der Waals surface area contributed by atoms with Crippen molar-refractivity contribution in [2.24, 2.45) is 4.58 Å². The van der Waals surface area contributed by atoms with Crippen LogP contribution in [0.15, 0.2) is 33.7 Å². The minimum absolute atomic E-state index is 0. The van der Waals surface area contributed by atoms with Crippen molar-refractivity contribution in [1.82, 2.24) is 0 Å². The molecule has 0 saturated carbocycles. The van der Waals surface area contributed by atoms with Crippen LogP contribution in [0.3, 0.4) is 0 Å². The van der Waals surface area contributed by atoms with E-state index in [0.29, 0.717) is 6.61 Å². The summed E-state index contributed by atoms with van der Waals surface area (Å²) in [5.74, 6) is 0.190. The summed E-state index contributed by atoms with van der Waals surface area (Å²) in [5.41, 5.74) is 0. The Balaban J connectivity index is 0. The average molecular weight is 334 g/mol. The van der Waals surface area contributed by atoms with E-state index in [1.807, 2.05) is 0 Å². The number of aromatic hydroxyl groups is 1. The van der Waals surface area contributed by atoms with Gasteiger partial charge in [0.25, 0.3) is 0 Å². The summed E-state index contributed by atoms with van der Waals surface area (Å²) >= 11 is 0.842. The number of phenols is 1. The first-order chi connectivity index (χ1) is 7.60. The number of nitroso groups, excluding NO2 is 1. The first-order valence-corrected chi connectivity index (χ1v) is 5.33. The number of ether oxygens (including phenoxy) is 1. The van der Waals surface area contributed by atoms with E-state index < -0.39 is 0 Å². The Kier molecular flexibility index (Phi) is 14.2. The van der Waals surface area contributed by atoms with E-state index in [-0.39, 0.29) is 44.6 Å². The SMILES string of the molecule is COCC(C)O.O=NSc1ccc(O)cc1.[Y]. The number of phenolic OH excluding ortho intramolecular Hbond substituents is 1. The molecule has 1 unspecified atom stereocenters. The monoisotopic (exact) mass is 334 g/mol. The van der Waals surface area contributed by atoms with E-state index in [9.17, 15) is 4.91 Å². The molecule has 0 fully saturated rings. The zero-order chi connectivity index (χ0) is 12.4. The van der Waals surface area contributed by atoms with Crippen molar-refractivity contribution in [3.63, 3.8) is 0 Å². The third kappa shape index (κ3) is 12.2. The van der Waals surface area contributed by atoms with Crippen LogP contribution in [0.25, 0.3) is 0 Å². The topological polar surface area (TPSA) is 79.1 Å². The molecule has 1 radical (unpaired) electrons. The van der Waals surface area contributed by atoms with Crippen molar-refractivity contribution in [2.45, 2.75) is 17.9 Å². The van der Waals surface area contributed by atoms with Gasteiger partial charge in [-0.3, -0.25) is 0 Å². The first kappa shape index (κ1) is 19.3. The second kappa shape index (κ2) is 12.5.